The highest BCUT2D eigenvalue weighted by Gasteiger charge is 2.35. The van der Waals surface area contributed by atoms with Crippen LogP contribution in [-0.4, -0.2) is 9.55 Å². The minimum absolute atomic E-state index is 0.121. The number of rotatable bonds is 2. The first-order valence-electron chi connectivity index (χ1n) is 13.2. The maximum absolute atomic E-state index is 4.79. The van der Waals surface area contributed by atoms with E-state index in [1.165, 1.54) is 60.5 Å². The van der Waals surface area contributed by atoms with Crippen LogP contribution in [0.25, 0.3) is 60.6 Å². The van der Waals surface area contributed by atoms with Gasteiger partial charge in [0.2, 0.25) is 0 Å². The van der Waals surface area contributed by atoms with Crippen LogP contribution < -0.4 is 0 Å². The van der Waals surface area contributed by atoms with E-state index in [1.807, 2.05) is 6.20 Å². The van der Waals surface area contributed by atoms with E-state index in [1.54, 1.807) is 0 Å². The highest BCUT2D eigenvalue weighted by Crippen LogP contribution is 2.49. The molecule has 5 aromatic carbocycles. The van der Waals surface area contributed by atoms with E-state index < -0.39 is 0 Å². The van der Waals surface area contributed by atoms with Gasteiger partial charge in [0.05, 0.1) is 22.4 Å². The van der Waals surface area contributed by atoms with E-state index in [4.69, 9.17) is 4.98 Å². The predicted molar refractivity (Wildman–Crippen MR) is 159 cm³/mol. The van der Waals surface area contributed by atoms with E-state index in [9.17, 15) is 0 Å². The zero-order chi connectivity index (χ0) is 25.4. The molecule has 0 aliphatic carbocycles. The summed E-state index contributed by atoms with van der Waals surface area (Å²) in [6.45, 7) is 4.73. The molecule has 0 fully saturated rings. The number of aromatic nitrogens is 2. The van der Waals surface area contributed by atoms with Crippen LogP contribution in [0.2, 0.25) is 0 Å². The minimum atomic E-state index is -0.121. The summed E-state index contributed by atoms with van der Waals surface area (Å²) in [5, 5.41) is 5.00. The zero-order valence-electron chi connectivity index (χ0n) is 21.4. The van der Waals surface area contributed by atoms with Crippen LogP contribution in [0.15, 0.2) is 121 Å². The molecule has 1 aliphatic rings. The number of benzene rings is 5. The Morgan fingerprint density at radius 1 is 0.579 bits per heavy atom. The molecule has 2 heteroatoms. The Kier molecular flexibility index (Phi) is 4.31. The van der Waals surface area contributed by atoms with Crippen molar-refractivity contribution in [3.63, 3.8) is 0 Å². The van der Waals surface area contributed by atoms with Gasteiger partial charge in [0, 0.05) is 33.3 Å². The molecule has 0 amide bonds. The molecular weight excluding hydrogens is 460 g/mol. The van der Waals surface area contributed by atoms with Crippen molar-refractivity contribution in [2.75, 3.05) is 0 Å². The smallest absolute Gasteiger partial charge is 0.0780 e. The Hall–Kier alpha value is -4.69. The Morgan fingerprint density at radius 2 is 1.34 bits per heavy atom. The molecule has 7 aromatic rings. The molecule has 0 saturated carbocycles. The molecule has 38 heavy (non-hydrogen) atoms. The molecule has 0 bridgehead atoms. The van der Waals surface area contributed by atoms with Gasteiger partial charge in [0.1, 0.15) is 0 Å². The highest BCUT2D eigenvalue weighted by atomic mass is 15.0. The largest absolute Gasteiger partial charge is 0.309 e. The molecule has 180 valence electrons. The van der Waals surface area contributed by atoms with Crippen molar-refractivity contribution in [1.29, 1.82) is 0 Å². The molecule has 0 atom stereocenters. The monoisotopic (exact) mass is 486 g/mol. The second-order valence-electron chi connectivity index (χ2n) is 10.9. The third-order valence-electron chi connectivity index (χ3n) is 8.40. The molecule has 0 N–H and O–H groups in total. The molecule has 0 spiro atoms. The van der Waals surface area contributed by atoms with Crippen molar-refractivity contribution >= 4 is 32.6 Å². The van der Waals surface area contributed by atoms with Crippen LogP contribution in [0.3, 0.4) is 0 Å². The summed E-state index contributed by atoms with van der Waals surface area (Å²) in [5.41, 5.74) is 11.1. The third-order valence-corrected chi connectivity index (χ3v) is 8.40. The lowest BCUT2D eigenvalue weighted by Gasteiger charge is -2.35. The topological polar surface area (TPSA) is 17.8 Å². The molecule has 0 saturated heterocycles. The van der Waals surface area contributed by atoms with Crippen LogP contribution in [0, 0.1) is 0 Å². The fourth-order valence-electron chi connectivity index (χ4n) is 6.53. The summed E-state index contributed by atoms with van der Waals surface area (Å²) in [6, 6.07) is 41.9. The molecule has 0 unspecified atom stereocenters. The van der Waals surface area contributed by atoms with E-state index >= 15 is 0 Å². The van der Waals surface area contributed by atoms with Gasteiger partial charge in [-0.3, -0.25) is 4.98 Å². The SMILES string of the molecule is CC1(C)c2ccccc2-n2c3ccccc3c3cc(-c4cccc(-c5nccc6ccccc56)c4)cc1c32. The average Bonchev–Trinajstić information content (AvgIpc) is 3.30. The maximum Gasteiger partial charge on any atom is 0.0780 e. The van der Waals surface area contributed by atoms with Crippen molar-refractivity contribution in [2.24, 2.45) is 0 Å². The van der Waals surface area contributed by atoms with Gasteiger partial charge in [-0.2, -0.15) is 0 Å². The van der Waals surface area contributed by atoms with Gasteiger partial charge in [0.15, 0.2) is 0 Å². The van der Waals surface area contributed by atoms with Crippen LogP contribution in [-0.2, 0) is 5.41 Å². The van der Waals surface area contributed by atoms with Gasteiger partial charge >= 0.3 is 0 Å². The number of pyridine rings is 1. The molecule has 8 rings (SSSR count). The summed E-state index contributed by atoms with van der Waals surface area (Å²) in [4.78, 5) is 4.79. The van der Waals surface area contributed by atoms with Gasteiger partial charge in [-0.25, -0.2) is 0 Å². The summed E-state index contributed by atoms with van der Waals surface area (Å²) < 4.78 is 2.47. The number of fused-ring (bicyclic) bond motifs is 6. The van der Waals surface area contributed by atoms with Gasteiger partial charge in [-0.1, -0.05) is 92.7 Å². The van der Waals surface area contributed by atoms with E-state index in [2.05, 4.69) is 134 Å². The van der Waals surface area contributed by atoms with Crippen molar-refractivity contribution in [3.8, 4) is 28.1 Å². The first-order chi connectivity index (χ1) is 18.6. The first kappa shape index (κ1) is 21.4. The standard InChI is InChI=1S/C36H26N2/c1-36(2)30-15-6-8-17-33(30)38-32-16-7-5-14-28(32)29-21-26(22-31(36)35(29)38)24-11-9-12-25(20-24)34-27-13-4-3-10-23(27)18-19-37-34/h3-22H,1-2H3. The number of hydrogen-bond donors (Lipinski definition) is 0. The minimum Gasteiger partial charge on any atom is -0.309 e. The lowest BCUT2D eigenvalue weighted by molar-refractivity contribution is 0.630. The fraction of sp³-hybridized carbons (Fsp3) is 0.0833. The van der Waals surface area contributed by atoms with E-state index in [0.29, 0.717) is 0 Å². The third kappa shape index (κ3) is 2.86. The van der Waals surface area contributed by atoms with Gasteiger partial charge < -0.3 is 4.57 Å². The Morgan fingerprint density at radius 3 is 2.26 bits per heavy atom. The predicted octanol–water partition coefficient (Wildman–Crippen LogP) is 9.31. The fourth-order valence-corrected chi connectivity index (χ4v) is 6.53. The lowest BCUT2D eigenvalue weighted by atomic mass is 9.74. The molecule has 1 aliphatic heterocycles. The van der Waals surface area contributed by atoms with Gasteiger partial charge in [-0.15, -0.1) is 0 Å². The van der Waals surface area contributed by atoms with Gasteiger partial charge in [0.25, 0.3) is 0 Å². The lowest BCUT2D eigenvalue weighted by Crippen LogP contribution is -2.26. The van der Waals surface area contributed by atoms with Crippen molar-refractivity contribution in [3.05, 3.63) is 133 Å². The van der Waals surface area contributed by atoms with Crippen LogP contribution in [0.1, 0.15) is 25.0 Å². The summed E-state index contributed by atoms with van der Waals surface area (Å²) in [6.07, 6.45) is 1.91. The zero-order valence-corrected chi connectivity index (χ0v) is 21.4. The normalized spacial score (nSPS) is 13.7. The second kappa shape index (κ2) is 7.66. The van der Waals surface area contributed by atoms with E-state index in [0.717, 1.165) is 11.3 Å². The maximum atomic E-state index is 4.79. The molecule has 2 aromatic heterocycles. The van der Waals surface area contributed by atoms with Crippen LogP contribution in [0.4, 0.5) is 0 Å². The van der Waals surface area contributed by atoms with Crippen molar-refractivity contribution in [1.82, 2.24) is 9.55 Å². The molecule has 2 nitrogen and oxygen atoms in total. The summed E-state index contributed by atoms with van der Waals surface area (Å²) >= 11 is 0. The second-order valence-corrected chi connectivity index (χ2v) is 10.9. The molecule has 0 radical (unpaired) electrons. The number of hydrogen-bond acceptors (Lipinski definition) is 1. The van der Waals surface area contributed by atoms with Crippen molar-refractivity contribution in [2.45, 2.75) is 19.3 Å². The van der Waals surface area contributed by atoms with Crippen LogP contribution in [0.5, 0.6) is 0 Å². The quantitative estimate of drug-likeness (QED) is 0.238. The average molecular weight is 487 g/mol. The Bertz CT molecular complexity index is 2050. The Balaban J connectivity index is 1.42. The molecule has 3 heterocycles. The van der Waals surface area contributed by atoms with Crippen molar-refractivity contribution < 1.29 is 0 Å². The summed E-state index contributed by atoms with van der Waals surface area (Å²) in [5.74, 6) is 0. The van der Waals surface area contributed by atoms with E-state index in [-0.39, 0.29) is 5.41 Å². The summed E-state index contributed by atoms with van der Waals surface area (Å²) in [7, 11) is 0. The Labute approximate surface area is 221 Å². The van der Waals surface area contributed by atoms with Crippen LogP contribution >= 0.6 is 0 Å². The number of nitrogens with zero attached hydrogens (tertiary/aromatic N) is 2. The first-order valence-corrected chi connectivity index (χ1v) is 13.2. The molecular formula is C36H26N2. The number of para-hydroxylation sites is 2. The van der Waals surface area contributed by atoms with Gasteiger partial charge in [-0.05, 0) is 64.0 Å². The highest BCUT2D eigenvalue weighted by molar-refractivity contribution is 6.13.